The van der Waals surface area contributed by atoms with Crippen LogP contribution in [0.5, 0.6) is 5.75 Å². The summed E-state index contributed by atoms with van der Waals surface area (Å²) in [5.74, 6) is 0.222. The summed E-state index contributed by atoms with van der Waals surface area (Å²) < 4.78 is 5.83. The molecule has 136 valence electrons. The molecule has 0 atom stereocenters. The van der Waals surface area contributed by atoms with Crippen LogP contribution in [-0.2, 0) is 6.61 Å². The van der Waals surface area contributed by atoms with Crippen molar-refractivity contribution in [1.29, 1.82) is 0 Å². The minimum Gasteiger partial charge on any atom is -0.488 e. The topological polar surface area (TPSA) is 50.7 Å². The predicted octanol–water partition coefficient (Wildman–Crippen LogP) is 4.65. The molecule has 0 fully saturated rings. The highest BCUT2D eigenvalue weighted by molar-refractivity contribution is 5.97. The fraction of sp³-hybridized carbons (Fsp3) is 0.130. The van der Waals surface area contributed by atoms with Crippen LogP contribution in [0.4, 0.5) is 0 Å². The molecule has 0 bridgehead atoms. The minimum absolute atomic E-state index is 0.306. The average Bonchev–Trinajstić information content (AvgIpc) is 2.69. The summed E-state index contributed by atoms with van der Waals surface area (Å²) in [6.07, 6.45) is 1.65. The van der Waals surface area contributed by atoms with Crippen LogP contribution in [0.1, 0.15) is 32.6 Å². The lowest BCUT2D eigenvalue weighted by Gasteiger charge is -2.10. The van der Waals surface area contributed by atoms with Crippen molar-refractivity contribution in [2.24, 2.45) is 5.10 Å². The number of nitrogens with one attached hydrogen (secondary N) is 1. The maximum atomic E-state index is 12.5. The van der Waals surface area contributed by atoms with E-state index in [4.69, 9.17) is 4.74 Å². The SMILES string of the molecule is Cc1ccc(C=NNC(=O)c2ccccc2OCc2ccccc2)c(C)c1. The average molecular weight is 358 g/mol. The number of nitrogens with zero attached hydrogens (tertiary/aromatic N) is 1. The monoisotopic (exact) mass is 358 g/mol. The molecule has 0 aliphatic rings. The maximum Gasteiger partial charge on any atom is 0.275 e. The molecule has 0 aliphatic heterocycles. The highest BCUT2D eigenvalue weighted by atomic mass is 16.5. The number of ether oxygens (including phenoxy) is 1. The number of benzene rings is 3. The summed E-state index contributed by atoms with van der Waals surface area (Å²) in [6, 6.07) is 23.1. The molecule has 1 amide bonds. The van der Waals surface area contributed by atoms with Crippen LogP contribution in [0, 0.1) is 13.8 Å². The number of para-hydroxylation sites is 1. The van der Waals surface area contributed by atoms with E-state index in [1.54, 1.807) is 24.4 Å². The van der Waals surface area contributed by atoms with E-state index in [0.717, 1.165) is 16.7 Å². The molecule has 0 aliphatic carbocycles. The van der Waals surface area contributed by atoms with Crippen LogP contribution in [0.3, 0.4) is 0 Å². The number of hydrogen-bond acceptors (Lipinski definition) is 3. The molecule has 27 heavy (non-hydrogen) atoms. The van der Waals surface area contributed by atoms with Crippen LogP contribution in [0.2, 0.25) is 0 Å². The first-order chi connectivity index (χ1) is 13.1. The minimum atomic E-state index is -0.306. The molecule has 0 radical (unpaired) electrons. The molecule has 0 spiro atoms. The lowest BCUT2D eigenvalue weighted by Crippen LogP contribution is -2.18. The van der Waals surface area contributed by atoms with Gasteiger partial charge < -0.3 is 4.74 Å². The second-order valence-electron chi connectivity index (χ2n) is 6.33. The third-order valence-electron chi connectivity index (χ3n) is 4.16. The zero-order valence-corrected chi connectivity index (χ0v) is 15.5. The van der Waals surface area contributed by atoms with Crippen LogP contribution in [-0.4, -0.2) is 12.1 Å². The van der Waals surface area contributed by atoms with Gasteiger partial charge in [0, 0.05) is 0 Å². The van der Waals surface area contributed by atoms with Crippen molar-refractivity contribution < 1.29 is 9.53 Å². The van der Waals surface area contributed by atoms with Crippen LogP contribution < -0.4 is 10.2 Å². The van der Waals surface area contributed by atoms with Crippen LogP contribution >= 0.6 is 0 Å². The van der Waals surface area contributed by atoms with Crippen molar-refractivity contribution in [2.45, 2.75) is 20.5 Å². The second kappa shape index (κ2) is 8.81. The summed E-state index contributed by atoms with van der Waals surface area (Å²) in [5.41, 5.74) is 7.34. The fourth-order valence-corrected chi connectivity index (χ4v) is 2.71. The van der Waals surface area contributed by atoms with Crippen LogP contribution in [0.15, 0.2) is 77.9 Å². The summed E-state index contributed by atoms with van der Waals surface area (Å²) in [6.45, 7) is 4.46. The number of carbonyl (C=O) groups excluding carboxylic acids is 1. The van der Waals surface area contributed by atoms with E-state index in [1.807, 2.05) is 62.4 Å². The van der Waals surface area contributed by atoms with Crippen molar-refractivity contribution in [3.05, 3.63) is 101 Å². The van der Waals surface area contributed by atoms with Gasteiger partial charge in [-0.05, 0) is 42.7 Å². The number of hydrogen-bond donors (Lipinski definition) is 1. The Kier molecular flexibility index (Phi) is 6.00. The largest absolute Gasteiger partial charge is 0.488 e. The first-order valence-corrected chi connectivity index (χ1v) is 8.80. The van der Waals surface area contributed by atoms with Crippen LogP contribution in [0.25, 0.3) is 0 Å². The van der Waals surface area contributed by atoms with Crippen molar-refractivity contribution in [2.75, 3.05) is 0 Å². The molecule has 0 heterocycles. The number of rotatable bonds is 6. The van der Waals surface area contributed by atoms with E-state index in [-0.39, 0.29) is 5.91 Å². The highest BCUT2D eigenvalue weighted by Gasteiger charge is 2.11. The Hall–Kier alpha value is -3.40. The Morgan fingerprint density at radius 3 is 2.52 bits per heavy atom. The third-order valence-corrected chi connectivity index (χ3v) is 4.16. The van der Waals surface area contributed by atoms with Gasteiger partial charge in [-0.25, -0.2) is 5.43 Å². The van der Waals surface area contributed by atoms with Gasteiger partial charge in [-0.2, -0.15) is 5.10 Å². The molecular formula is C23H22N2O2. The van der Waals surface area contributed by atoms with Gasteiger partial charge in [-0.15, -0.1) is 0 Å². The molecule has 4 heteroatoms. The molecule has 0 saturated heterocycles. The lowest BCUT2D eigenvalue weighted by molar-refractivity contribution is 0.0950. The number of carbonyl (C=O) groups is 1. The molecule has 1 N–H and O–H groups in total. The van der Waals surface area contributed by atoms with E-state index >= 15 is 0 Å². The van der Waals surface area contributed by atoms with Gasteiger partial charge in [0.05, 0.1) is 11.8 Å². The second-order valence-corrected chi connectivity index (χ2v) is 6.33. The molecule has 3 aromatic rings. The Bertz CT molecular complexity index is 950. The summed E-state index contributed by atoms with van der Waals surface area (Å²) >= 11 is 0. The Morgan fingerprint density at radius 1 is 1.00 bits per heavy atom. The molecule has 0 saturated carbocycles. The van der Waals surface area contributed by atoms with Gasteiger partial charge in [-0.1, -0.05) is 66.2 Å². The quantitative estimate of drug-likeness (QED) is 0.515. The van der Waals surface area contributed by atoms with Crippen molar-refractivity contribution in [3.63, 3.8) is 0 Å². The number of aryl methyl sites for hydroxylation is 2. The van der Waals surface area contributed by atoms with Crippen molar-refractivity contribution >= 4 is 12.1 Å². The predicted molar refractivity (Wildman–Crippen MR) is 108 cm³/mol. The molecule has 3 aromatic carbocycles. The summed E-state index contributed by atoms with van der Waals surface area (Å²) in [4.78, 5) is 12.5. The van der Waals surface area contributed by atoms with Gasteiger partial charge in [0.2, 0.25) is 0 Å². The zero-order chi connectivity index (χ0) is 19.1. The molecule has 4 nitrogen and oxygen atoms in total. The number of hydrazone groups is 1. The fourth-order valence-electron chi connectivity index (χ4n) is 2.71. The Labute approximate surface area is 159 Å². The Balaban J connectivity index is 1.67. The van der Waals surface area contributed by atoms with Gasteiger partial charge in [0.25, 0.3) is 5.91 Å². The maximum absolute atomic E-state index is 12.5. The van der Waals surface area contributed by atoms with Crippen molar-refractivity contribution in [3.8, 4) is 5.75 Å². The zero-order valence-electron chi connectivity index (χ0n) is 15.5. The highest BCUT2D eigenvalue weighted by Crippen LogP contribution is 2.19. The molecule has 0 aromatic heterocycles. The smallest absolute Gasteiger partial charge is 0.275 e. The third kappa shape index (κ3) is 5.05. The lowest BCUT2D eigenvalue weighted by atomic mass is 10.1. The first kappa shape index (κ1) is 18.4. The number of amides is 1. The van der Waals surface area contributed by atoms with E-state index < -0.39 is 0 Å². The standard InChI is InChI=1S/C23H22N2O2/c1-17-12-13-20(18(2)14-17)15-24-25-23(26)21-10-6-7-11-22(21)27-16-19-8-4-3-5-9-19/h3-15H,16H2,1-2H3,(H,25,26). The van der Waals surface area contributed by atoms with Gasteiger partial charge in [0.1, 0.15) is 12.4 Å². The molecule has 0 unspecified atom stereocenters. The van der Waals surface area contributed by atoms with Gasteiger partial charge in [-0.3, -0.25) is 4.79 Å². The Morgan fingerprint density at radius 2 is 1.74 bits per heavy atom. The van der Waals surface area contributed by atoms with Gasteiger partial charge in [0.15, 0.2) is 0 Å². The first-order valence-electron chi connectivity index (χ1n) is 8.80. The van der Waals surface area contributed by atoms with E-state index in [2.05, 4.69) is 16.6 Å². The van der Waals surface area contributed by atoms with E-state index in [1.165, 1.54) is 5.56 Å². The van der Waals surface area contributed by atoms with E-state index in [0.29, 0.717) is 17.9 Å². The molecular weight excluding hydrogens is 336 g/mol. The summed E-state index contributed by atoms with van der Waals surface area (Å²) in [5, 5.41) is 4.09. The van der Waals surface area contributed by atoms with Gasteiger partial charge >= 0.3 is 0 Å². The summed E-state index contributed by atoms with van der Waals surface area (Å²) in [7, 11) is 0. The van der Waals surface area contributed by atoms with Crippen molar-refractivity contribution in [1.82, 2.24) is 5.43 Å². The van der Waals surface area contributed by atoms with E-state index in [9.17, 15) is 4.79 Å². The normalized spacial score (nSPS) is 10.7. The molecule has 3 rings (SSSR count).